The van der Waals surface area contributed by atoms with Gasteiger partial charge in [-0.25, -0.2) is 4.98 Å². The number of hydrogen-bond acceptors (Lipinski definition) is 5. The highest BCUT2D eigenvalue weighted by Crippen LogP contribution is 2.42. The fourth-order valence-electron chi connectivity index (χ4n) is 3.38. The first-order chi connectivity index (χ1) is 16.4. The zero-order valence-corrected chi connectivity index (χ0v) is 22.3. The van der Waals surface area contributed by atoms with E-state index in [1.807, 2.05) is 49.4 Å². The SMILES string of the molecule is CCc1nc2ccc(Br)cc2c(=O)n1N=Cc1cc(OC)c(OCc2ccccc2)c(Cl)c1Br. The standard InChI is InChI=1S/C25H20Br2ClN3O3/c1-3-21-30-19-10-9-17(26)12-18(19)25(32)31(21)29-13-16-11-20(33-2)24(23(28)22(16)27)34-14-15-7-5-4-6-8-15/h4-13H,3,14H2,1-2H3. The molecule has 9 heteroatoms. The lowest BCUT2D eigenvalue weighted by Crippen LogP contribution is -2.22. The van der Waals surface area contributed by atoms with Gasteiger partial charge in [-0.15, -0.1) is 0 Å². The number of fused-ring (bicyclic) bond motifs is 1. The van der Waals surface area contributed by atoms with Gasteiger partial charge in [0.2, 0.25) is 0 Å². The van der Waals surface area contributed by atoms with Gasteiger partial charge >= 0.3 is 0 Å². The number of benzene rings is 3. The van der Waals surface area contributed by atoms with Gasteiger partial charge in [0.25, 0.3) is 5.56 Å². The number of hydrogen-bond donors (Lipinski definition) is 0. The van der Waals surface area contributed by atoms with Gasteiger partial charge in [-0.1, -0.05) is 64.8 Å². The summed E-state index contributed by atoms with van der Waals surface area (Å²) in [6.45, 7) is 2.26. The molecule has 0 aliphatic carbocycles. The van der Waals surface area contributed by atoms with Crippen molar-refractivity contribution in [2.24, 2.45) is 5.10 Å². The molecule has 6 nitrogen and oxygen atoms in total. The first-order valence-electron chi connectivity index (χ1n) is 10.4. The average Bonchev–Trinajstić information content (AvgIpc) is 2.85. The fourth-order valence-corrected chi connectivity index (χ4v) is 4.39. The van der Waals surface area contributed by atoms with Crippen molar-refractivity contribution in [3.63, 3.8) is 0 Å². The molecule has 4 aromatic rings. The molecule has 3 aromatic carbocycles. The number of aromatic nitrogens is 2. The summed E-state index contributed by atoms with van der Waals surface area (Å²) in [5.41, 5.74) is 2.00. The van der Waals surface area contributed by atoms with Crippen molar-refractivity contribution >= 4 is 60.6 Å². The summed E-state index contributed by atoms with van der Waals surface area (Å²) >= 11 is 13.6. The molecular formula is C25H20Br2ClN3O3. The smallest absolute Gasteiger partial charge is 0.282 e. The molecule has 0 saturated carbocycles. The van der Waals surface area contributed by atoms with Crippen LogP contribution in [0.25, 0.3) is 10.9 Å². The van der Waals surface area contributed by atoms with Crippen molar-refractivity contribution in [1.82, 2.24) is 9.66 Å². The minimum Gasteiger partial charge on any atom is -0.493 e. The zero-order chi connectivity index (χ0) is 24.2. The second kappa shape index (κ2) is 10.7. The van der Waals surface area contributed by atoms with E-state index in [-0.39, 0.29) is 5.56 Å². The van der Waals surface area contributed by atoms with Crippen molar-refractivity contribution in [2.75, 3.05) is 7.11 Å². The van der Waals surface area contributed by atoms with Crippen molar-refractivity contribution < 1.29 is 9.47 Å². The van der Waals surface area contributed by atoms with E-state index in [1.54, 1.807) is 25.5 Å². The molecule has 0 bridgehead atoms. The Morgan fingerprint density at radius 3 is 2.62 bits per heavy atom. The molecule has 34 heavy (non-hydrogen) atoms. The van der Waals surface area contributed by atoms with Gasteiger partial charge in [-0.3, -0.25) is 4.79 Å². The first-order valence-corrected chi connectivity index (χ1v) is 12.4. The summed E-state index contributed by atoms with van der Waals surface area (Å²) in [6, 6.07) is 16.9. The van der Waals surface area contributed by atoms with E-state index >= 15 is 0 Å². The maximum absolute atomic E-state index is 13.1. The van der Waals surface area contributed by atoms with Crippen LogP contribution < -0.4 is 15.0 Å². The molecule has 0 atom stereocenters. The van der Waals surface area contributed by atoms with E-state index < -0.39 is 0 Å². The minimum atomic E-state index is -0.253. The number of aryl methyl sites for hydroxylation is 1. The second-order valence-corrected chi connectivity index (χ2v) is 9.39. The molecule has 0 saturated heterocycles. The molecule has 0 amide bonds. The summed E-state index contributed by atoms with van der Waals surface area (Å²) in [5.74, 6) is 1.42. The molecule has 0 N–H and O–H groups in total. The molecule has 0 aliphatic rings. The summed E-state index contributed by atoms with van der Waals surface area (Å²) in [6.07, 6.45) is 2.08. The van der Waals surface area contributed by atoms with Crippen LogP contribution in [0.5, 0.6) is 11.5 Å². The molecule has 174 valence electrons. The summed E-state index contributed by atoms with van der Waals surface area (Å²) in [7, 11) is 1.54. The van der Waals surface area contributed by atoms with E-state index in [2.05, 4.69) is 41.9 Å². The third-order valence-corrected chi connectivity index (χ3v) is 7.04. The molecule has 0 fully saturated rings. The summed E-state index contributed by atoms with van der Waals surface area (Å²) in [4.78, 5) is 17.7. The number of ether oxygens (including phenoxy) is 2. The van der Waals surface area contributed by atoms with Crippen molar-refractivity contribution in [1.29, 1.82) is 0 Å². The van der Waals surface area contributed by atoms with Gasteiger partial charge in [-0.05, 0) is 45.8 Å². The zero-order valence-electron chi connectivity index (χ0n) is 18.4. The van der Waals surface area contributed by atoms with E-state index in [0.29, 0.717) is 56.3 Å². The number of methoxy groups -OCH3 is 1. The molecule has 1 heterocycles. The van der Waals surface area contributed by atoms with Crippen LogP contribution in [0.2, 0.25) is 5.02 Å². The largest absolute Gasteiger partial charge is 0.493 e. The predicted octanol–water partition coefficient (Wildman–Crippen LogP) is 6.61. The maximum atomic E-state index is 13.1. The number of nitrogens with zero attached hydrogens (tertiary/aromatic N) is 3. The van der Waals surface area contributed by atoms with Gasteiger partial charge in [0.05, 0.1) is 24.2 Å². The topological polar surface area (TPSA) is 65.7 Å². The second-order valence-electron chi connectivity index (χ2n) is 7.30. The Balaban J connectivity index is 1.72. The summed E-state index contributed by atoms with van der Waals surface area (Å²) < 4.78 is 14.2. The van der Waals surface area contributed by atoms with Crippen LogP contribution in [-0.2, 0) is 13.0 Å². The van der Waals surface area contributed by atoms with E-state index in [4.69, 9.17) is 21.1 Å². The van der Waals surface area contributed by atoms with Crippen LogP contribution in [0.4, 0.5) is 0 Å². The van der Waals surface area contributed by atoms with E-state index in [9.17, 15) is 4.79 Å². The Hall–Kier alpha value is -2.68. The molecule has 0 unspecified atom stereocenters. The normalized spacial score (nSPS) is 11.3. The highest BCUT2D eigenvalue weighted by Gasteiger charge is 2.17. The van der Waals surface area contributed by atoms with E-state index in [0.717, 1.165) is 10.0 Å². The van der Waals surface area contributed by atoms with Crippen molar-refractivity contribution in [3.05, 3.63) is 95.9 Å². The van der Waals surface area contributed by atoms with Gasteiger partial charge in [0.1, 0.15) is 17.5 Å². The lowest BCUT2D eigenvalue weighted by atomic mass is 10.2. The van der Waals surface area contributed by atoms with Gasteiger partial charge in [-0.2, -0.15) is 9.78 Å². The van der Waals surface area contributed by atoms with Crippen molar-refractivity contribution in [2.45, 2.75) is 20.0 Å². The molecule has 0 radical (unpaired) electrons. The Kier molecular flexibility index (Phi) is 7.70. The third-order valence-electron chi connectivity index (χ3n) is 5.11. The predicted molar refractivity (Wildman–Crippen MR) is 143 cm³/mol. The quantitative estimate of drug-likeness (QED) is 0.223. The lowest BCUT2D eigenvalue weighted by Gasteiger charge is -2.15. The monoisotopic (exact) mass is 603 g/mol. The van der Waals surface area contributed by atoms with Crippen LogP contribution in [0.3, 0.4) is 0 Å². The molecule has 0 spiro atoms. The number of rotatable bonds is 7. The van der Waals surface area contributed by atoms with Crippen LogP contribution in [0, 0.1) is 0 Å². The fraction of sp³-hybridized carbons (Fsp3) is 0.160. The van der Waals surface area contributed by atoms with Gasteiger partial charge in [0, 0.05) is 20.9 Å². The Bertz CT molecular complexity index is 1440. The van der Waals surface area contributed by atoms with Crippen LogP contribution in [-0.4, -0.2) is 23.0 Å². The number of halogens is 3. The van der Waals surface area contributed by atoms with Crippen LogP contribution in [0.15, 0.2) is 73.4 Å². The Labute approximate surface area is 218 Å². The molecule has 0 aliphatic heterocycles. The molecule has 4 rings (SSSR count). The van der Waals surface area contributed by atoms with Crippen molar-refractivity contribution in [3.8, 4) is 11.5 Å². The van der Waals surface area contributed by atoms with Gasteiger partial charge < -0.3 is 9.47 Å². The lowest BCUT2D eigenvalue weighted by molar-refractivity contribution is 0.284. The maximum Gasteiger partial charge on any atom is 0.282 e. The van der Waals surface area contributed by atoms with E-state index in [1.165, 1.54) is 4.68 Å². The molecular weight excluding hydrogens is 586 g/mol. The average molecular weight is 606 g/mol. The molecule has 1 aromatic heterocycles. The van der Waals surface area contributed by atoms with Crippen LogP contribution >= 0.6 is 43.5 Å². The highest BCUT2D eigenvalue weighted by molar-refractivity contribution is 9.10. The third kappa shape index (κ3) is 5.04. The van der Waals surface area contributed by atoms with Crippen LogP contribution in [0.1, 0.15) is 23.9 Å². The Morgan fingerprint density at radius 2 is 1.91 bits per heavy atom. The highest BCUT2D eigenvalue weighted by atomic mass is 79.9. The van der Waals surface area contributed by atoms with Gasteiger partial charge in [0.15, 0.2) is 11.5 Å². The Morgan fingerprint density at radius 1 is 1.15 bits per heavy atom. The summed E-state index contributed by atoms with van der Waals surface area (Å²) in [5, 5.41) is 5.27. The first kappa shape index (κ1) is 24.4. The minimum absolute atomic E-state index is 0.253.